The van der Waals surface area contributed by atoms with Gasteiger partial charge in [-0.1, -0.05) is 13.8 Å². The smallest absolute Gasteiger partial charge is 0.234 e. The summed E-state index contributed by atoms with van der Waals surface area (Å²) >= 11 is 0. The maximum absolute atomic E-state index is 12.6. The topological polar surface area (TPSA) is 50.8 Å². The normalized spacial score (nSPS) is 14.7. The third-order valence-corrected chi connectivity index (χ3v) is 4.92. The number of amides is 1. The van der Waals surface area contributed by atoms with Gasteiger partial charge in [-0.25, -0.2) is 0 Å². The van der Waals surface area contributed by atoms with E-state index in [0.29, 0.717) is 18.6 Å². The Morgan fingerprint density at radius 3 is 2.16 bits per heavy atom. The molecular weight excluding hydrogens is 316 g/mol. The summed E-state index contributed by atoms with van der Waals surface area (Å²) in [7, 11) is 3.26. The van der Waals surface area contributed by atoms with Crippen molar-refractivity contribution in [3.05, 3.63) is 23.8 Å². The maximum Gasteiger partial charge on any atom is 0.234 e. The molecule has 0 fully saturated rings. The quantitative estimate of drug-likeness (QED) is 0.698. The molecule has 25 heavy (non-hydrogen) atoms. The van der Waals surface area contributed by atoms with Gasteiger partial charge in [0.05, 0.1) is 26.8 Å². The fourth-order valence-electron chi connectivity index (χ4n) is 2.92. The number of carbonyl (C=O) groups is 1. The number of hydrogen-bond donors (Lipinski definition) is 1. The number of carbonyl (C=O) groups excluding carboxylic acids is 1. The van der Waals surface area contributed by atoms with E-state index in [-0.39, 0.29) is 11.9 Å². The van der Waals surface area contributed by atoms with Gasteiger partial charge in [-0.05, 0) is 51.8 Å². The highest BCUT2D eigenvalue weighted by atomic mass is 16.5. The van der Waals surface area contributed by atoms with Crippen molar-refractivity contribution in [2.24, 2.45) is 0 Å². The molecule has 0 aliphatic carbocycles. The molecule has 0 saturated carbocycles. The van der Waals surface area contributed by atoms with Crippen molar-refractivity contribution in [3.8, 4) is 11.5 Å². The van der Waals surface area contributed by atoms with Crippen LogP contribution in [0.5, 0.6) is 11.5 Å². The lowest BCUT2D eigenvalue weighted by molar-refractivity contribution is -0.124. The molecule has 5 nitrogen and oxygen atoms in total. The molecule has 0 aliphatic heterocycles. The first-order valence-electron chi connectivity index (χ1n) is 9.14. The summed E-state index contributed by atoms with van der Waals surface area (Å²) in [5.74, 6) is 1.52. The zero-order valence-corrected chi connectivity index (χ0v) is 16.8. The van der Waals surface area contributed by atoms with Crippen LogP contribution in [0.4, 0.5) is 0 Å². The van der Waals surface area contributed by atoms with Gasteiger partial charge < -0.3 is 14.8 Å². The SMILES string of the molecule is CC[C@@H](C)N(CC(=O)N[C@H](C)c1cc(OC)ccc1OC)[C@@H](C)CC. The second-order valence-corrected chi connectivity index (χ2v) is 6.58. The Balaban J connectivity index is 2.85. The molecule has 142 valence electrons. The summed E-state index contributed by atoms with van der Waals surface area (Å²) < 4.78 is 10.7. The van der Waals surface area contributed by atoms with Crippen LogP contribution >= 0.6 is 0 Å². The second-order valence-electron chi connectivity index (χ2n) is 6.58. The first kappa shape index (κ1) is 21.3. The van der Waals surface area contributed by atoms with Crippen LogP contribution in [0.25, 0.3) is 0 Å². The van der Waals surface area contributed by atoms with Gasteiger partial charge in [0.2, 0.25) is 5.91 Å². The third kappa shape index (κ3) is 5.92. The van der Waals surface area contributed by atoms with E-state index < -0.39 is 0 Å². The van der Waals surface area contributed by atoms with Crippen molar-refractivity contribution in [2.75, 3.05) is 20.8 Å². The van der Waals surface area contributed by atoms with Crippen molar-refractivity contribution in [2.45, 2.75) is 65.6 Å². The lowest BCUT2D eigenvalue weighted by atomic mass is 10.1. The Bertz CT molecular complexity index is 538. The van der Waals surface area contributed by atoms with E-state index in [1.165, 1.54) is 0 Å². The van der Waals surface area contributed by atoms with Crippen molar-refractivity contribution in [3.63, 3.8) is 0 Å². The van der Waals surface area contributed by atoms with Crippen LogP contribution < -0.4 is 14.8 Å². The van der Waals surface area contributed by atoms with Crippen LogP contribution in [0.1, 0.15) is 59.1 Å². The highest BCUT2D eigenvalue weighted by molar-refractivity contribution is 5.78. The first-order chi connectivity index (χ1) is 11.9. The molecule has 0 spiro atoms. The molecular formula is C20H34N2O3. The van der Waals surface area contributed by atoms with Crippen molar-refractivity contribution in [1.29, 1.82) is 0 Å². The molecule has 1 rings (SSSR count). The number of benzene rings is 1. The molecule has 0 heterocycles. The van der Waals surface area contributed by atoms with E-state index in [4.69, 9.17) is 9.47 Å². The van der Waals surface area contributed by atoms with Crippen LogP contribution in [0.3, 0.4) is 0 Å². The molecule has 0 bridgehead atoms. The molecule has 5 heteroatoms. The number of nitrogens with one attached hydrogen (secondary N) is 1. The lowest BCUT2D eigenvalue weighted by Crippen LogP contribution is -2.46. The van der Waals surface area contributed by atoms with Crippen LogP contribution in [0, 0.1) is 0 Å². The number of rotatable bonds is 10. The zero-order valence-electron chi connectivity index (χ0n) is 16.8. The van der Waals surface area contributed by atoms with Crippen LogP contribution in [0.15, 0.2) is 18.2 Å². The Morgan fingerprint density at radius 2 is 1.68 bits per heavy atom. The molecule has 0 saturated heterocycles. The van der Waals surface area contributed by atoms with Gasteiger partial charge in [0.25, 0.3) is 0 Å². The highest BCUT2D eigenvalue weighted by Gasteiger charge is 2.22. The molecule has 0 aromatic heterocycles. The summed E-state index contributed by atoms with van der Waals surface area (Å²) in [6.07, 6.45) is 2.05. The Labute approximate surface area is 152 Å². The maximum atomic E-state index is 12.6. The van der Waals surface area contributed by atoms with Gasteiger partial charge in [-0.15, -0.1) is 0 Å². The van der Waals surface area contributed by atoms with E-state index in [9.17, 15) is 4.79 Å². The number of ether oxygens (including phenoxy) is 2. The average molecular weight is 351 g/mol. The van der Waals surface area contributed by atoms with Gasteiger partial charge in [-0.3, -0.25) is 9.69 Å². The first-order valence-corrected chi connectivity index (χ1v) is 9.14. The number of hydrogen-bond acceptors (Lipinski definition) is 4. The summed E-state index contributed by atoms with van der Waals surface area (Å²) in [6, 6.07) is 6.22. The fraction of sp³-hybridized carbons (Fsp3) is 0.650. The standard InChI is InChI=1S/C20H34N2O3/c1-8-14(3)22(15(4)9-2)13-20(23)21-16(5)18-12-17(24-6)10-11-19(18)25-7/h10-12,14-16H,8-9,13H2,1-7H3,(H,21,23)/t14-,15+,16-/m1/s1. The van der Waals surface area contributed by atoms with Gasteiger partial charge in [-0.2, -0.15) is 0 Å². The monoisotopic (exact) mass is 350 g/mol. The Morgan fingerprint density at radius 1 is 1.08 bits per heavy atom. The van der Waals surface area contributed by atoms with Crippen molar-refractivity contribution < 1.29 is 14.3 Å². The van der Waals surface area contributed by atoms with Gasteiger partial charge >= 0.3 is 0 Å². The molecule has 1 amide bonds. The molecule has 1 aromatic rings. The largest absolute Gasteiger partial charge is 0.497 e. The molecule has 1 aromatic carbocycles. The Hall–Kier alpha value is -1.75. The van der Waals surface area contributed by atoms with Crippen LogP contribution in [-0.2, 0) is 4.79 Å². The van der Waals surface area contributed by atoms with E-state index in [2.05, 4.69) is 37.9 Å². The van der Waals surface area contributed by atoms with Crippen molar-refractivity contribution >= 4 is 5.91 Å². The molecule has 0 unspecified atom stereocenters. The summed E-state index contributed by atoms with van der Waals surface area (Å²) in [6.45, 7) is 11.0. The lowest BCUT2D eigenvalue weighted by Gasteiger charge is -2.33. The molecule has 1 N–H and O–H groups in total. The molecule has 0 radical (unpaired) electrons. The number of methoxy groups -OCH3 is 2. The summed E-state index contributed by atoms with van der Waals surface area (Å²) in [5.41, 5.74) is 0.911. The van der Waals surface area contributed by atoms with Gasteiger partial charge in [0, 0.05) is 17.6 Å². The number of nitrogens with zero attached hydrogens (tertiary/aromatic N) is 1. The van der Waals surface area contributed by atoms with Gasteiger partial charge in [0.1, 0.15) is 11.5 Å². The second kappa shape index (κ2) is 10.3. The van der Waals surface area contributed by atoms with Gasteiger partial charge in [0.15, 0.2) is 0 Å². The third-order valence-electron chi connectivity index (χ3n) is 4.92. The minimum atomic E-state index is -0.159. The van der Waals surface area contributed by atoms with E-state index >= 15 is 0 Å². The average Bonchev–Trinajstić information content (AvgIpc) is 2.63. The minimum Gasteiger partial charge on any atom is -0.497 e. The predicted molar refractivity (Wildman–Crippen MR) is 102 cm³/mol. The highest BCUT2D eigenvalue weighted by Crippen LogP contribution is 2.29. The fourth-order valence-corrected chi connectivity index (χ4v) is 2.92. The van der Waals surface area contributed by atoms with Crippen LogP contribution in [0.2, 0.25) is 0 Å². The van der Waals surface area contributed by atoms with E-state index in [0.717, 1.165) is 29.9 Å². The van der Waals surface area contributed by atoms with Crippen molar-refractivity contribution in [1.82, 2.24) is 10.2 Å². The predicted octanol–water partition coefficient (Wildman–Crippen LogP) is 3.78. The van der Waals surface area contributed by atoms with E-state index in [1.807, 2.05) is 25.1 Å². The summed E-state index contributed by atoms with van der Waals surface area (Å²) in [5, 5.41) is 3.09. The Kier molecular flexibility index (Phi) is 8.76. The molecule has 3 atom stereocenters. The molecule has 0 aliphatic rings. The zero-order chi connectivity index (χ0) is 19.0. The minimum absolute atomic E-state index is 0.0259. The van der Waals surface area contributed by atoms with E-state index in [1.54, 1.807) is 14.2 Å². The van der Waals surface area contributed by atoms with Crippen LogP contribution in [-0.4, -0.2) is 43.7 Å². The summed E-state index contributed by atoms with van der Waals surface area (Å²) in [4.78, 5) is 14.9.